The van der Waals surface area contributed by atoms with Crippen molar-refractivity contribution < 1.29 is 15.0 Å². The lowest BCUT2D eigenvalue weighted by Crippen LogP contribution is -2.18. The Morgan fingerprint density at radius 3 is 1.70 bits per heavy atom. The summed E-state index contributed by atoms with van der Waals surface area (Å²) in [4.78, 5) is 10.4. The van der Waals surface area contributed by atoms with Gasteiger partial charge >= 0.3 is 5.97 Å². The molecule has 2 N–H and O–H groups in total. The van der Waals surface area contributed by atoms with Crippen LogP contribution in [0.1, 0.15) is 103 Å². The average Bonchev–Trinajstić information content (AvgIpc) is 2.54. The highest BCUT2D eigenvalue weighted by Gasteiger charge is 2.11. The molecule has 3 heteroatoms. The zero-order valence-electron chi connectivity index (χ0n) is 15.1. The predicted octanol–water partition coefficient (Wildman–Crippen LogP) is 5.86. The van der Waals surface area contributed by atoms with Crippen LogP contribution in [0.4, 0.5) is 0 Å². The number of unbranched alkanes of at least 4 members (excludes halogenated alkanes) is 12. The van der Waals surface area contributed by atoms with Crippen LogP contribution in [0.15, 0.2) is 12.2 Å². The lowest BCUT2D eigenvalue weighted by molar-refractivity contribution is -0.146. The molecule has 0 aliphatic carbocycles. The third-order valence-corrected chi connectivity index (χ3v) is 4.27. The Morgan fingerprint density at radius 1 is 0.783 bits per heavy atom. The van der Waals surface area contributed by atoms with Crippen LogP contribution in [0.2, 0.25) is 0 Å². The van der Waals surface area contributed by atoms with Crippen molar-refractivity contribution in [1.29, 1.82) is 0 Å². The maximum atomic E-state index is 10.4. The van der Waals surface area contributed by atoms with E-state index in [0.29, 0.717) is 6.42 Å². The molecular formula is C20H38O3. The van der Waals surface area contributed by atoms with Crippen molar-refractivity contribution in [3.05, 3.63) is 12.2 Å². The van der Waals surface area contributed by atoms with Gasteiger partial charge in [0.25, 0.3) is 0 Å². The zero-order chi connectivity index (χ0) is 17.2. The molecule has 0 bridgehead atoms. The predicted molar refractivity (Wildman–Crippen MR) is 97.7 cm³/mol. The minimum absolute atomic E-state index is 0.390. The third-order valence-electron chi connectivity index (χ3n) is 4.27. The van der Waals surface area contributed by atoms with E-state index in [1.165, 1.54) is 70.6 Å². The summed E-state index contributed by atoms with van der Waals surface area (Å²) in [7, 11) is 0. The molecule has 0 spiro atoms. The van der Waals surface area contributed by atoms with E-state index in [1.54, 1.807) is 0 Å². The Kier molecular flexibility index (Phi) is 16.9. The van der Waals surface area contributed by atoms with E-state index in [2.05, 4.69) is 19.1 Å². The molecule has 0 amide bonds. The fourth-order valence-electron chi connectivity index (χ4n) is 2.71. The van der Waals surface area contributed by atoms with Crippen LogP contribution < -0.4 is 0 Å². The molecule has 0 fully saturated rings. The van der Waals surface area contributed by atoms with Crippen molar-refractivity contribution in [1.82, 2.24) is 0 Å². The topological polar surface area (TPSA) is 57.5 Å². The minimum atomic E-state index is -1.17. The minimum Gasteiger partial charge on any atom is -0.479 e. The Labute approximate surface area is 143 Å². The molecule has 0 aliphatic rings. The third kappa shape index (κ3) is 17.4. The van der Waals surface area contributed by atoms with Crippen molar-refractivity contribution in [2.75, 3.05) is 0 Å². The molecule has 0 rings (SSSR count). The molecule has 0 aromatic heterocycles. The average molecular weight is 327 g/mol. The lowest BCUT2D eigenvalue weighted by atomic mass is 10.0. The second-order valence-corrected chi connectivity index (χ2v) is 6.58. The number of hydrogen-bond acceptors (Lipinski definition) is 2. The molecule has 1 atom stereocenters. The quantitative estimate of drug-likeness (QED) is 0.260. The van der Waals surface area contributed by atoms with E-state index in [-0.39, 0.29) is 0 Å². The van der Waals surface area contributed by atoms with Gasteiger partial charge < -0.3 is 10.2 Å². The van der Waals surface area contributed by atoms with E-state index in [0.717, 1.165) is 19.3 Å². The van der Waals surface area contributed by atoms with Crippen LogP contribution in [0.25, 0.3) is 0 Å². The first-order valence-electron chi connectivity index (χ1n) is 9.74. The molecular weight excluding hydrogens is 288 g/mol. The summed E-state index contributed by atoms with van der Waals surface area (Å²) < 4.78 is 0. The maximum absolute atomic E-state index is 10.4. The molecule has 0 saturated carbocycles. The number of carbonyl (C=O) groups is 1. The highest BCUT2D eigenvalue weighted by molar-refractivity contribution is 5.71. The van der Waals surface area contributed by atoms with Gasteiger partial charge in [-0.2, -0.15) is 0 Å². The second-order valence-electron chi connectivity index (χ2n) is 6.58. The SMILES string of the molecule is CCCCCC=CCCCCCCCCCCCC(O)C(=O)O. The first-order chi connectivity index (χ1) is 11.2. The van der Waals surface area contributed by atoms with E-state index in [9.17, 15) is 4.79 Å². The number of hydrogen-bond donors (Lipinski definition) is 2. The summed E-state index contributed by atoms with van der Waals surface area (Å²) >= 11 is 0. The van der Waals surface area contributed by atoms with E-state index >= 15 is 0 Å². The monoisotopic (exact) mass is 326 g/mol. The highest BCUT2D eigenvalue weighted by atomic mass is 16.4. The molecule has 0 aliphatic heterocycles. The van der Waals surface area contributed by atoms with Gasteiger partial charge in [-0.25, -0.2) is 4.79 Å². The lowest BCUT2D eigenvalue weighted by Gasteiger charge is -2.05. The number of rotatable bonds is 17. The second kappa shape index (κ2) is 17.5. The number of aliphatic hydroxyl groups excluding tert-OH is 1. The number of aliphatic carboxylic acids is 1. The van der Waals surface area contributed by atoms with Gasteiger partial charge in [0.2, 0.25) is 0 Å². The van der Waals surface area contributed by atoms with Crippen molar-refractivity contribution >= 4 is 5.97 Å². The van der Waals surface area contributed by atoms with Crippen LogP contribution >= 0.6 is 0 Å². The number of aliphatic hydroxyl groups is 1. The number of carboxylic acid groups (broad SMARTS) is 1. The standard InChI is InChI=1S/C20H38O3/c1-2-3-4-5-6-7-8-9-10-11-12-13-14-15-16-17-18-19(21)20(22)23/h6-7,19,21H,2-5,8-18H2,1H3,(H,22,23). The van der Waals surface area contributed by atoms with Gasteiger partial charge in [-0.15, -0.1) is 0 Å². The summed E-state index contributed by atoms with van der Waals surface area (Å²) in [5, 5.41) is 17.7. The fourth-order valence-corrected chi connectivity index (χ4v) is 2.71. The Bertz CT molecular complexity index is 287. The van der Waals surface area contributed by atoms with Crippen LogP contribution in [-0.2, 0) is 4.79 Å². The first kappa shape index (κ1) is 22.2. The van der Waals surface area contributed by atoms with Gasteiger partial charge in [0.15, 0.2) is 6.10 Å². The molecule has 0 aromatic carbocycles. The van der Waals surface area contributed by atoms with Crippen molar-refractivity contribution in [3.63, 3.8) is 0 Å². The Balaban J connectivity index is 3.12. The van der Waals surface area contributed by atoms with E-state index < -0.39 is 12.1 Å². The number of allylic oxidation sites excluding steroid dienone is 2. The summed E-state index contributed by atoms with van der Waals surface area (Å²) in [5.41, 5.74) is 0. The van der Waals surface area contributed by atoms with Crippen molar-refractivity contribution in [2.45, 2.75) is 109 Å². The summed E-state index contributed by atoms with van der Waals surface area (Å²) in [5.74, 6) is -1.10. The Hall–Kier alpha value is -0.830. The first-order valence-corrected chi connectivity index (χ1v) is 9.74. The van der Waals surface area contributed by atoms with Crippen LogP contribution in [0.3, 0.4) is 0 Å². The molecule has 136 valence electrons. The highest BCUT2D eigenvalue weighted by Crippen LogP contribution is 2.12. The van der Waals surface area contributed by atoms with Gasteiger partial charge in [0.1, 0.15) is 0 Å². The van der Waals surface area contributed by atoms with Gasteiger partial charge in [0, 0.05) is 0 Å². The summed E-state index contributed by atoms with van der Waals surface area (Å²) in [6, 6.07) is 0. The molecule has 0 saturated heterocycles. The smallest absolute Gasteiger partial charge is 0.332 e. The Morgan fingerprint density at radius 2 is 1.22 bits per heavy atom. The van der Waals surface area contributed by atoms with Crippen molar-refractivity contribution in [3.8, 4) is 0 Å². The van der Waals surface area contributed by atoms with Gasteiger partial charge in [-0.05, 0) is 32.1 Å². The molecule has 0 aromatic rings. The van der Waals surface area contributed by atoms with Gasteiger partial charge in [0.05, 0.1) is 0 Å². The molecule has 0 radical (unpaired) electrons. The molecule has 23 heavy (non-hydrogen) atoms. The van der Waals surface area contributed by atoms with Gasteiger partial charge in [-0.3, -0.25) is 0 Å². The normalized spacial score (nSPS) is 12.8. The largest absolute Gasteiger partial charge is 0.479 e. The summed E-state index contributed by atoms with van der Waals surface area (Å²) in [6.45, 7) is 2.24. The van der Waals surface area contributed by atoms with Crippen molar-refractivity contribution in [2.24, 2.45) is 0 Å². The summed E-state index contributed by atoms with van der Waals surface area (Å²) in [6.07, 6.45) is 21.2. The maximum Gasteiger partial charge on any atom is 0.332 e. The van der Waals surface area contributed by atoms with Gasteiger partial charge in [-0.1, -0.05) is 83.3 Å². The van der Waals surface area contributed by atoms with Crippen LogP contribution in [-0.4, -0.2) is 22.3 Å². The fraction of sp³-hybridized carbons (Fsp3) is 0.850. The van der Waals surface area contributed by atoms with Crippen LogP contribution in [0.5, 0.6) is 0 Å². The van der Waals surface area contributed by atoms with E-state index in [1.807, 2.05) is 0 Å². The van der Waals surface area contributed by atoms with E-state index in [4.69, 9.17) is 10.2 Å². The molecule has 0 heterocycles. The zero-order valence-corrected chi connectivity index (χ0v) is 15.1. The molecule has 1 unspecified atom stereocenters. The van der Waals surface area contributed by atoms with Crippen LogP contribution in [0, 0.1) is 0 Å². The number of carboxylic acids is 1. The molecule has 3 nitrogen and oxygen atoms in total.